The molecule has 0 unspecified atom stereocenters. The molecule has 0 aliphatic rings. The quantitative estimate of drug-likeness (QED) is 0.426. The van der Waals surface area contributed by atoms with Crippen molar-refractivity contribution in [3.05, 3.63) is 59.7 Å². The summed E-state index contributed by atoms with van der Waals surface area (Å²) in [5.74, 6) is 0.116. The van der Waals surface area contributed by atoms with E-state index in [4.69, 9.17) is 0 Å². The lowest BCUT2D eigenvalue weighted by atomic mass is 9.99. The Balaban J connectivity index is 1.92. The summed E-state index contributed by atoms with van der Waals surface area (Å²) in [6.45, 7) is 3.85. The number of Topliss-reactive ketones (excluding diaryl/α,β-unsaturated/α-hetero) is 1. The molecule has 22 heavy (non-hydrogen) atoms. The fourth-order valence-electron chi connectivity index (χ4n) is 2.69. The fraction of sp³-hybridized carbons (Fsp3) is 0.381. The van der Waals surface area contributed by atoms with Crippen molar-refractivity contribution in [3.8, 4) is 11.1 Å². The van der Waals surface area contributed by atoms with Gasteiger partial charge in [-0.15, -0.1) is 0 Å². The molecule has 0 aliphatic heterocycles. The maximum Gasteiger partial charge on any atom is 0.159 e. The zero-order chi connectivity index (χ0) is 15.8. The summed E-state index contributed by atoms with van der Waals surface area (Å²) >= 11 is 0. The number of carbonyl (C=O) groups is 1. The van der Waals surface area contributed by atoms with E-state index in [0.29, 0.717) is 0 Å². The topological polar surface area (TPSA) is 17.1 Å². The second kappa shape index (κ2) is 8.53. The van der Waals surface area contributed by atoms with E-state index in [0.717, 1.165) is 5.56 Å². The number of aryl methyl sites for hydroxylation is 1. The van der Waals surface area contributed by atoms with Crippen LogP contribution in [-0.4, -0.2) is 5.78 Å². The van der Waals surface area contributed by atoms with Gasteiger partial charge in [-0.2, -0.15) is 0 Å². The molecule has 0 aliphatic carbocycles. The van der Waals surface area contributed by atoms with Crippen molar-refractivity contribution in [2.75, 3.05) is 0 Å². The van der Waals surface area contributed by atoms with Crippen LogP contribution in [0.25, 0.3) is 11.1 Å². The first-order valence-corrected chi connectivity index (χ1v) is 8.41. The summed E-state index contributed by atoms with van der Waals surface area (Å²) < 4.78 is 0. The molecule has 0 amide bonds. The molecule has 0 bridgehead atoms. The van der Waals surface area contributed by atoms with Crippen LogP contribution in [0.2, 0.25) is 0 Å². The van der Waals surface area contributed by atoms with Crippen molar-refractivity contribution in [1.82, 2.24) is 0 Å². The second-order valence-corrected chi connectivity index (χ2v) is 5.99. The Hall–Kier alpha value is -1.89. The Morgan fingerprint density at radius 2 is 1.32 bits per heavy atom. The van der Waals surface area contributed by atoms with Crippen LogP contribution < -0.4 is 0 Å². The molecule has 2 aromatic carbocycles. The van der Waals surface area contributed by atoms with E-state index in [1.165, 1.54) is 55.2 Å². The lowest BCUT2D eigenvalue weighted by Crippen LogP contribution is -1.91. The molecule has 1 heteroatoms. The highest BCUT2D eigenvalue weighted by atomic mass is 16.1. The van der Waals surface area contributed by atoms with Gasteiger partial charge >= 0.3 is 0 Å². The average molecular weight is 294 g/mol. The van der Waals surface area contributed by atoms with E-state index in [-0.39, 0.29) is 5.78 Å². The van der Waals surface area contributed by atoms with E-state index in [2.05, 4.69) is 31.2 Å². The van der Waals surface area contributed by atoms with Gasteiger partial charge in [0.15, 0.2) is 5.78 Å². The Bertz CT molecular complexity index is 578. The van der Waals surface area contributed by atoms with Gasteiger partial charge in [0.1, 0.15) is 0 Å². The summed E-state index contributed by atoms with van der Waals surface area (Å²) in [6.07, 6.45) is 7.81. The van der Waals surface area contributed by atoms with E-state index in [9.17, 15) is 4.79 Å². The molecule has 0 fully saturated rings. The van der Waals surface area contributed by atoms with Crippen molar-refractivity contribution in [2.45, 2.75) is 52.4 Å². The van der Waals surface area contributed by atoms with Gasteiger partial charge in [0.05, 0.1) is 0 Å². The Kier molecular flexibility index (Phi) is 6.39. The smallest absolute Gasteiger partial charge is 0.159 e. The predicted molar refractivity (Wildman–Crippen MR) is 94.3 cm³/mol. The summed E-state index contributed by atoms with van der Waals surface area (Å²) in [4.78, 5) is 11.3. The van der Waals surface area contributed by atoms with Crippen LogP contribution in [0, 0.1) is 0 Å². The highest BCUT2D eigenvalue weighted by Gasteiger charge is 2.01. The van der Waals surface area contributed by atoms with E-state index < -0.39 is 0 Å². The maximum absolute atomic E-state index is 11.3. The molecule has 0 saturated heterocycles. The van der Waals surface area contributed by atoms with Gasteiger partial charge in [0, 0.05) is 5.56 Å². The summed E-state index contributed by atoms with van der Waals surface area (Å²) in [5, 5.41) is 0. The molecule has 0 radical (unpaired) electrons. The van der Waals surface area contributed by atoms with Crippen molar-refractivity contribution >= 4 is 5.78 Å². The van der Waals surface area contributed by atoms with Crippen LogP contribution in [0.4, 0.5) is 0 Å². The van der Waals surface area contributed by atoms with E-state index >= 15 is 0 Å². The summed E-state index contributed by atoms with van der Waals surface area (Å²) in [6, 6.07) is 16.7. The summed E-state index contributed by atoms with van der Waals surface area (Å²) in [5.41, 5.74) is 4.57. The molecule has 0 heterocycles. The third-order valence-electron chi connectivity index (χ3n) is 4.15. The number of benzene rings is 2. The second-order valence-electron chi connectivity index (χ2n) is 5.99. The molecule has 0 spiro atoms. The number of unbranched alkanes of at least 4 members (excludes halogenated alkanes) is 4. The van der Waals surface area contributed by atoms with Gasteiger partial charge in [-0.1, -0.05) is 81.1 Å². The molecular formula is C21H26O. The van der Waals surface area contributed by atoms with Gasteiger partial charge < -0.3 is 0 Å². The molecule has 0 saturated carbocycles. The monoisotopic (exact) mass is 294 g/mol. The maximum atomic E-state index is 11.3. The van der Waals surface area contributed by atoms with Crippen molar-refractivity contribution in [2.24, 2.45) is 0 Å². The van der Waals surface area contributed by atoms with Crippen molar-refractivity contribution in [3.63, 3.8) is 0 Å². The van der Waals surface area contributed by atoms with Crippen LogP contribution >= 0.6 is 0 Å². The minimum absolute atomic E-state index is 0.116. The Morgan fingerprint density at radius 3 is 1.86 bits per heavy atom. The molecule has 0 atom stereocenters. The van der Waals surface area contributed by atoms with Gasteiger partial charge in [0.2, 0.25) is 0 Å². The van der Waals surface area contributed by atoms with Crippen molar-refractivity contribution in [1.29, 1.82) is 0 Å². The first kappa shape index (κ1) is 16.5. The van der Waals surface area contributed by atoms with Crippen LogP contribution in [0.3, 0.4) is 0 Å². The zero-order valence-corrected chi connectivity index (χ0v) is 13.8. The lowest BCUT2D eigenvalue weighted by molar-refractivity contribution is 0.101. The van der Waals surface area contributed by atoms with Gasteiger partial charge in [-0.05, 0) is 36.5 Å². The van der Waals surface area contributed by atoms with Crippen LogP contribution in [0.1, 0.15) is 61.9 Å². The van der Waals surface area contributed by atoms with Gasteiger partial charge in [0.25, 0.3) is 0 Å². The van der Waals surface area contributed by atoms with Crippen molar-refractivity contribution < 1.29 is 4.79 Å². The van der Waals surface area contributed by atoms with Crippen LogP contribution in [0.5, 0.6) is 0 Å². The van der Waals surface area contributed by atoms with Crippen LogP contribution in [-0.2, 0) is 6.42 Å². The lowest BCUT2D eigenvalue weighted by Gasteiger charge is -2.06. The molecule has 0 aromatic heterocycles. The molecular weight excluding hydrogens is 268 g/mol. The molecule has 0 N–H and O–H groups in total. The molecule has 1 nitrogen and oxygen atoms in total. The third-order valence-corrected chi connectivity index (χ3v) is 4.15. The number of ketones is 1. The number of hydrogen-bond acceptors (Lipinski definition) is 1. The predicted octanol–water partition coefficient (Wildman–Crippen LogP) is 6.07. The third kappa shape index (κ3) is 4.84. The zero-order valence-electron chi connectivity index (χ0n) is 13.8. The normalized spacial score (nSPS) is 10.6. The first-order valence-electron chi connectivity index (χ1n) is 8.41. The molecule has 116 valence electrons. The highest BCUT2D eigenvalue weighted by Crippen LogP contribution is 2.21. The van der Waals surface area contributed by atoms with Crippen LogP contribution in [0.15, 0.2) is 48.5 Å². The average Bonchev–Trinajstić information content (AvgIpc) is 2.55. The minimum atomic E-state index is 0.116. The number of hydrogen-bond donors (Lipinski definition) is 0. The Morgan fingerprint density at radius 1 is 0.773 bits per heavy atom. The number of carbonyl (C=O) groups excluding carboxylic acids is 1. The molecule has 2 aromatic rings. The Labute approximate surface area is 134 Å². The SMILES string of the molecule is CCCCCCCc1ccc(-c2ccc(C(C)=O)cc2)cc1. The number of rotatable bonds is 8. The van der Waals surface area contributed by atoms with E-state index in [1.54, 1.807) is 6.92 Å². The standard InChI is InChI=1S/C21H26O/c1-3-4-5-6-7-8-18-9-11-20(12-10-18)21-15-13-19(14-16-21)17(2)22/h9-16H,3-8H2,1-2H3. The van der Waals surface area contributed by atoms with Gasteiger partial charge in [-0.3, -0.25) is 4.79 Å². The first-order chi connectivity index (χ1) is 10.7. The molecule has 2 rings (SSSR count). The highest BCUT2D eigenvalue weighted by molar-refractivity contribution is 5.94. The minimum Gasteiger partial charge on any atom is -0.295 e. The summed E-state index contributed by atoms with van der Waals surface area (Å²) in [7, 11) is 0. The fourth-order valence-corrected chi connectivity index (χ4v) is 2.69. The van der Waals surface area contributed by atoms with Gasteiger partial charge in [-0.25, -0.2) is 0 Å². The largest absolute Gasteiger partial charge is 0.295 e. The van der Waals surface area contributed by atoms with E-state index in [1.807, 2.05) is 24.3 Å².